The molecule has 0 spiro atoms. The van der Waals surface area contributed by atoms with Gasteiger partial charge in [-0.2, -0.15) is 13.2 Å². The van der Waals surface area contributed by atoms with E-state index < -0.39 is 35.1 Å². The lowest BCUT2D eigenvalue weighted by molar-refractivity contribution is -0.142. The minimum Gasteiger partial charge on any atom is -0.375 e. The van der Waals surface area contributed by atoms with Gasteiger partial charge in [-0.15, -0.1) is 0 Å². The fourth-order valence-electron chi connectivity index (χ4n) is 1.29. The zero-order valence-electron chi connectivity index (χ0n) is 7.98. The van der Waals surface area contributed by atoms with E-state index in [0.29, 0.717) is 13.0 Å². The van der Waals surface area contributed by atoms with Gasteiger partial charge in [-0.1, -0.05) is 0 Å². The summed E-state index contributed by atoms with van der Waals surface area (Å²) in [5.41, 5.74) is -5.13. The highest BCUT2D eigenvalue weighted by Gasteiger charge is 2.53. The zero-order valence-corrected chi connectivity index (χ0v) is 7.98. The van der Waals surface area contributed by atoms with Gasteiger partial charge in [0, 0.05) is 0 Å². The molecule has 0 unspecified atom stereocenters. The summed E-state index contributed by atoms with van der Waals surface area (Å²) in [6.45, 7) is 0.716. The number of halogens is 5. The molecular formula is C9H7F5O2. The van der Waals surface area contributed by atoms with Crippen LogP contribution in [0.15, 0.2) is 23.6 Å². The normalized spacial score (nSPS) is 30.8. The van der Waals surface area contributed by atoms with Gasteiger partial charge in [0.2, 0.25) is 0 Å². The van der Waals surface area contributed by atoms with Crippen LogP contribution in [-0.2, 0) is 4.79 Å². The van der Waals surface area contributed by atoms with Crippen molar-refractivity contribution in [2.45, 2.75) is 24.9 Å². The third-order valence-electron chi connectivity index (χ3n) is 2.25. The van der Waals surface area contributed by atoms with Crippen molar-refractivity contribution in [3.05, 3.63) is 23.6 Å². The van der Waals surface area contributed by atoms with Crippen LogP contribution in [0.2, 0.25) is 0 Å². The molecule has 0 fully saturated rings. The summed E-state index contributed by atoms with van der Waals surface area (Å²) in [5.74, 6) is -3.07. The lowest BCUT2D eigenvalue weighted by Gasteiger charge is -2.31. The van der Waals surface area contributed by atoms with Crippen LogP contribution >= 0.6 is 0 Å². The molecule has 1 aliphatic carbocycles. The molecule has 0 saturated carbocycles. The van der Waals surface area contributed by atoms with Gasteiger partial charge < -0.3 is 5.11 Å². The van der Waals surface area contributed by atoms with Crippen LogP contribution in [0.4, 0.5) is 22.0 Å². The van der Waals surface area contributed by atoms with Crippen LogP contribution in [0.1, 0.15) is 6.92 Å². The first-order chi connectivity index (χ1) is 7.10. The second-order valence-electron chi connectivity index (χ2n) is 3.34. The standard InChI is InChI=1S/C9H7F5O2/c1-4(15)8(16)3-2-5(10)6(7(8)11)9(12,13)14/h2-3,7,16H,1H3/t7-,8-/m1/s1. The Morgan fingerprint density at radius 3 is 2.38 bits per heavy atom. The first-order valence-corrected chi connectivity index (χ1v) is 4.14. The molecule has 1 N–H and O–H groups in total. The molecule has 0 saturated heterocycles. The molecule has 7 heteroatoms. The Balaban J connectivity index is 3.30. The molecule has 16 heavy (non-hydrogen) atoms. The van der Waals surface area contributed by atoms with Crippen molar-refractivity contribution in [3.63, 3.8) is 0 Å². The van der Waals surface area contributed by atoms with Crippen molar-refractivity contribution in [2.75, 3.05) is 0 Å². The van der Waals surface area contributed by atoms with Crippen molar-refractivity contribution in [1.82, 2.24) is 0 Å². The molecule has 1 rings (SSSR count). The van der Waals surface area contributed by atoms with E-state index in [4.69, 9.17) is 0 Å². The van der Waals surface area contributed by atoms with Gasteiger partial charge in [0.1, 0.15) is 11.4 Å². The highest BCUT2D eigenvalue weighted by Crippen LogP contribution is 2.40. The number of Topliss-reactive ketones (excluding diaryl/α,β-unsaturated/α-hetero) is 1. The van der Waals surface area contributed by atoms with E-state index in [1.807, 2.05) is 0 Å². The van der Waals surface area contributed by atoms with Crippen LogP contribution in [0, 0.1) is 0 Å². The Kier molecular flexibility index (Phi) is 2.93. The average Bonchev–Trinajstić information content (AvgIpc) is 2.09. The predicted octanol–water partition coefficient (Wildman–Crippen LogP) is 2.00. The largest absolute Gasteiger partial charge is 0.418 e. The Labute approximate surface area is 87.1 Å². The Morgan fingerprint density at radius 2 is 2.00 bits per heavy atom. The minimum atomic E-state index is -5.28. The van der Waals surface area contributed by atoms with Crippen molar-refractivity contribution in [2.24, 2.45) is 0 Å². The van der Waals surface area contributed by atoms with Crippen LogP contribution in [-0.4, -0.2) is 28.8 Å². The van der Waals surface area contributed by atoms with Gasteiger partial charge >= 0.3 is 6.18 Å². The predicted molar refractivity (Wildman–Crippen MR) is 43.9 cm³/mol. The molecule has 0 aliphatic heterocycles. The maximum atomic E-state index is 13.4. The first-order valence-electron chi connectivity index (χ1n) is 4.14. The van der Waals surface area contributed by atoms with Gasteiger partial charge in [0.25, 0.3) is 0 Å². The van der Waals surface area contributed by atoms with E-state index in [2.05, 4.69) is 0 Å². The van der Waals surface area contributed by atoms with Gasteiger partial charge in [-0.05, 0) is 19.1 Å². The summed E-state index contributed by atoms with van der Waals surface area (Å²) >= 11 is 0. The monoisotopic (exact) mass is 242 g/mol. The molecule has 0 aromatic heterocycles. The molecule has 0 amide bonds. The van der Waals surface area contributed by atoms with E-state index in [0.717, 1.165) is 0 Å². The van der Waals surface area contributed by atoms with Gasteiger partial charge in [-0.25, -0.2) is 8.78 Å². The third kappa shape index (κ3) is 1.87. The van der Waals surface area contributed by atoms with E-state index in [1.165, 1.54) is 0 Å². The quantitative estimate of drug-likeness (QED) is 0.714. The molecule has 2 atom stereocenters. The molecule has 0 aromatic carbocycles. The summed E-state index contributed by atoms with van der Waals surface area (Å²) in [5, 5.41) is 9.36. The average molecular weight is 242 g/mol. The molecular weight excluding hydrogens is 235 g/mol. The van der Waals surface area contributed by atoms with E-state index in [-0.39, 0.29) is 6.08 Å². The van der Waals surface area contributed by atoms with Gasteiger partial charge in [-0.3, -0.25) is 4.79 Å². The van der Waals surface area contributed by atoms with Crippen molar-refractivity contribution < 1.29 is 31.9 Å². The second-order valence-corrected chi connectivity index (χ2v) is 3.34. The van der Waals surface area contributed by atoms with Crippen molar-refractivity contribution >= 4 is 5.78 Å². The summed E-state index contributed by atoms with van der Waals surface area (Å²) in [4.78, 5) is 10.9. The highest BCUT2D eigenvalue weighted by molar-refractivity contribution is 5.89. The fraction of sp³-hybridized carbons (Fsp3) is 0.444. The number of hydrogen-bond donors (Lipinski definition) is 1. The fourth-order valence-corrected chi connectivity index (χ4v) is 1.29. The number of ketones is 1. The summed E-state index contributed by atoms with van der Waals surface area (Å²) in [6.07, 6.45) is -7.82. The smallest absolute Gasteiger partial charge is 0.375 e. The number of aliphatic hydroxyl groups is 1. The lowest BCUT2D eigenvalue weighted by Crippen LogP contribution is -2.49. The number of hydrogen-bond acceptors (Lipinski definition) is 2. The summed E-state index contributed by atoms with van der Waals surface area (Å²) < 4.78 is 62.9. The van der Waals surface area contributed by atoms with Crippen LogP contribution in [0.25, 0.3) is 0 Å². The number of rotatable bonds is 1. The maximum Gasteiger partial charge on any atom is 0.418 e. The maximum absolute atomic E-state index is 13.4. The summed E-state index contributed by atoms with van der Waals surface area (Å²) in [7, 11) is 0. The topological polar surface area (TPSA) is 37.3 Å². The molecule has 1 aliphatic rings. The summed E-state index contributed by atoms with van der Waals surface area (Å²) in [6, 6.07) is 0. The first kappa shape index (κ1) is 12.8. The highest BCUT2D eigenvalue weighted by atomic mass is 19.4. The van der Waals surface area contributed by atoms with Crippen LogP contribution in [0.3, 0.4) is 0 Å². The van der Waals surface area contributed by atoms with E-state index in [1.54, 1.807) is 0 Å². The van der Waals surface area contributed by atoms with Crippen molar-refractivity contribution in [1.29, 1.82) is 0 Å². The Hall–Kier alpha value is -1.24. The minimum absolute atomic E-state index is 0.236. The lowest BCUT2D eigenvalue weighted by atomic mass is 9.84. The van der Waals surface area contributed by atoms with E-state index in [9.17, 15) is 31.9 Å². The number of allylic oxidation sites excluding steroid dienone is 2. The van der Waals surface area contributed by atoms with Gasteiger partial charge in [0.15, 0.2) is 17.6 Å². The number of carbonyl (C=O) groups is 1. The molecule has 0 aromatic rings. The van der Waals surface area contributed by atoms with Gasteiger partial charge in [0.05, 0.1) is 0 Å². The molecule has 2 nitrogen and oxygen atoms in total. The Bertz CT molecular complexity index is 382. The van der Waals surface area contributed by atoms with E-state index >= 15 is 0 Å². The SMILES string of the molecule is CC(=O)[C@]1(O)C=CC(F)=C(C(F)(F)F)[C@H]1F. The van der Waals surface area contributed by atoms with Crippen molar-refractivity contribution in [3.8, 4) is 0 Å². The molecule has 0 bridgehead atoms. The van der Waals surface area contributed by atoms with Crippen LogP contribution < -0.4 is 0 Å². The zero-order chi connectivity index (χ0) is 12.7. The Morgan fingerprint density at radius 1 is 1.50 bits per heavy atom. The molecule has 0 heterocycles. The molecule has 90 valence electrons. The second kappa shape index (κ2) is 3.65. The number of carbonyl (C=O) groups excluding carboxylic acids is 1. The van der Waals surface area contributed by atoms with Crippen LogP contribution in [0.5, 0.6) is 0 Å². The molecule has 0 radical (unpaired) electrons. The third-order valence-corrected chi connectivity index (χ3v) is 2.25. The number of alkyl halides is 4.